The summed E-state index contributed by atoms with van der Waals surface area (Å²) in [5, 5.41) is 21.7. The summed E-state index contributed by atoms with van der Waals surface area (Å²) in [4.78, 5) is 32.6. The second-order valence-electron chi connectivity index (χ2n) is 4.13. The van der Waals surface area contributed by atoms with Gasteiger partial charge in [0.1, 0.15) is 5.56 Å². The summed E-state index contributed by atoms with van der Waals surface area (Å²) in [5.41, 5.74) is 4.58. The fourth-order valence-electron chi connectivity index (χ4n) is 1.83. The number of carbonyl (C=O) groups excluding carboxylic acids is 1. The van der Waals surface area contributed by atoms with E-state index >= 15 is 0 Å². The Hall–Kier alpha value is -3.29. The van der Waals surface area contributed by atoms with Gasteiger partial charge in [-0.2, -0.15) is 0 Å². The molecule has 0 aliphatic carbocycles. The molecule has 2 N–H and O–H groups in total. The van der Waals surface area contributed by atoms with E-state index in [1.807, 2.05) is 0 Å². The van der Waals surface area contributed by atoms with Crippen LogP contribution in [0.15, 0.2) is 42.5 Å². The van der Waals surface area contributed by atoms with E-state index in [9.17, 15) is 25.0 Å². The number of hydrogen-bond donors (Lipinski definition) is 1. The Labute approximate surface area is 118 Å². The van der Waals surface area contributed by atoms with E-state index in [-0.39, 0.29) is 16.8 Å². The average Bonchev–Trinajstić information content (AvgIpc) is 2.46. The van der Waals surface area contributed by atoms with Crippen molar-refractivity contribution in [2.75, 3.05) is 5.73 Å². The molecule has 0 unspecified atom stereocenters. The van der Waals surface area contributed by atoms with Crippen LogP contribution in [0.2, 0.25) is 0 Å². The van der Waals surface area contributed by atoms with E-state index in [4.69, 9.17) is 5.73 Å². The monoisotopic (exact) mass is 287 g/mol. The molecule has 106 valence electrons. The Morgan fingerprint density at radius 2 is 1.62 bits per heavy atom. The third-order valence-electron chi connectivity index (χ3n) is 2.84. The lowest BCUT2D eigenvalue weighted by atomic mass is 10.00. The van der Waals surface area contributed by atoms with Gasteiger partial charge in [0.15, 0.2) is 0 Å². The Bertz CT molecular complexity index is 757. The molecule has 0 heterocycles. The van der Waals surface area contributed by atoms with Crippen LogP contribution in [0.25, 0.3) is 0 Å². The Kier molecular flexibility index (Phi) is 3.61. The molecule has 0 bridgehead atoms. The summed E-state index contributed by atoms with van der Waals surface area (Å²) >= 11 is 0. The molecule has 0 aliphatic rings. The quantitative estimate of drug-likeness (QED) is 0.397. The molecule has 0 aromatic heterocycles. The van der Waals surface area contributed by atoms with Gasteiger partial charge in [0.05, 0.1) is 9.85 Å². The maximum Gasteiger partial charge on any atom is 0.281 e. The minimum Gasteiger partial charge on any atom is -0.398 e. The molecule has 8 heteroatoms. The lowest BCUT2D eigenvalue weighted by molar-refractivity contribution is -0.389. The minimum absolute atomic E-state index is 0.0566. The second-order valence-corrected chi connectivity index (χ2v) is 4.13. The molecule has 2 rings (SSSR count). The molecule has 21 heavy (non-hydrogen) atoms. The summed E-state index contributed by atoms with van der Waals surface area (Å²) in [6, 6.07) is 8.82. The van der Waals surface area contributed by atoms with Crippen molar-refractivity contribution in [1.29, 1.82) is 0 Å². The van der Waals surface area contributed by atoms with Gasteiger partial charge in [-0.15, -0.1) is 0 Å². The molecular weight excluding hydrogens is 278 g/mol. The molecule has 2 aromatic carbocycles. The topological polar surface area (TPSA) is 129 Å². The fraction of sp³-hybridized carbons (Fsp3) is 0. The SMILES string of the molecule is Nc1ccccc1C(=O)c1cc([N+](=O)[O-])ccc1[N+](=O)[O-]. The van der Waals surface area contributed by atoms with Crippen LogP contribution in [0.5, 0.6) is 0 Å². The lowest BCUT2D eigenvalue weighted by Gasteiger charge is -2.05. The predicted molar refractivity (Wildman–Crippen MR) is 74.0 cm³/mol. The number of nitro groups is 2. The Morgan fingerprint density at radius 1 is 0.952 bits per heavy atom. The van der Waals surface area contributed by atoms with Gasteiger partial charge in [-0.1, -0.05) is 12.1 Å². The molecule has 0 spiro atoms. The Balaban J connectivity index is 2.63. The number of hydrogen-bond acceptors (Lipinski definition) is 6. The molecule has 0 amide bonds. The summed E-state index contributed by atoms with van der Waals surface area (Å²) in [7, 11) is 0. The zero-order valence-electron chi connectivity index (χ0n) is 10.6. The first kappa shape index (κ1) is 14.1. The highest BCUT2D eigenvalue weighted by Crippen LogP contribution is 2.27. The van der Waals surface area contributed by atoms with E-state index in [0.29, 0.717) is 0 Å². The summed E-state index contributed by atoms with van der Waals surface area (Å²) in [6.07, 6.45) is 0. The number of nitrogens with two attached hydrogens (primary N) is 1. The van der Waals surface area contributed by atoms with Gasteiger partial charge in [-0.25, -0.2) is 0 Å². The number of anilines is 1. The molecule has 8 nitrogen and oxygen atoms in total. The van der Waals surface area contributed by atoms with Crippen molar-refractivity contribution >= 4 is 22.8 Å². The number of rotatable bonds is 4. The number of carbonyl (C=O) groups is 1. The fourth-order valence-corrected chi connectivity index (χ4v) is 1.83. The zero-order chi connectivity index (χ0) is 15.6. The van der Waals surface area contributed by atoms with Gasteiger partial charge in [-0.3, -0.25) is 25.0 Å². The average molecular weight is 287 g/mol. The van der Waals surface area contributed by atoms with Crippen molar-refractivity contribution in [2.45, 2.75) is 0 Å². The van der Waals surface area contributed by atoms with Gasteiger partial charge in [0.2, 0.25) is 5.78 Å². The third kappa shape index (κ3) is 2.68. The van der Waals surface area contributed by atoms with E-state index in [1.165, 1.54) is 12.1 Å². The number of benzene rings is 2. The van der Waals surface area contributed by atoms with E-state index in [1.54, 1.807) is 12.1 Å². The molecule has 0 aliphatic heterocycles. The number of non-ortho nitro benzene ring substituents is 1. The van der Waals surface area contributed by atoms with Crippen LogP contribution in [0.1, 0.15) is 15.9 Å². The first-order valence-electron chi connectivity index (χ1n) is 5.74. The highest BCUT2D eigenvalue weighted by atomic mass is 16.6. The number of para-hydroxylation sites is 1. The van der Waals surface area contributed by atoms with E-state index < -0.39 is 27.0 Å². The molecular formula is C13H9N3O5. The van der Waals surface area contributed by atoms with Crippen molar-refractivity contribution in [3.05, 3.63) is 73.8 Å². The van der Waals surface area contributed by atoms with Crippen molar-refractivity contribution < 1.29 is 14.6 Å². The lowest BCUT2D eigenvalue weighted by Crippen LogP contribution is -2.08. The number of ketones is 1. The summed E-state index contributed by atoms with van der Waals surface area (Å²) in [6.45, 7) is 0. The molecule has 2 aromatic rings. The van der Waals surface area contributed by atoms with E-state index in [0.717, 1.165) is 18.2 Å². The largest absolute Gasteiger partial charge is 0.398 e. The second kappa shape index (κ2) is 5.37. The summed E-state index contributed by atoms with van der Waals surface area (Å²) < 4.78 is 0. The maximum absolute atomic E-state index is 12.4. The highest BCUT2D eigenvalue weighted by Gasteiger charge is 2.25. The van der Waals surface area contributed by atoms with Crippen LogP contribution in [0.4, 0.5) is 17.1 Å². The Morgan fingerprint density at radius 3 is 2.19 bits per heavy atom. The summed E-state index contributed by atoms with van der Waals surface area (Å²) in [5.74, 6) is -0.733. The van der Waals surface area contributed by atoms with Crippen LogP contribution in [-0.2, 0) is 0 Å². The van der Waals surface area contributed by atoms with Crippen molar-refractivity contribution in [3.63, 3.8) is 0 Å². The van der Waals surface area contributed by atoms with Crippen molar-refractivity contribution in [2.24, 2.45) is 0 Å². The van der Waals surface area contributed by atoms with Crippen molar-refractivity contribution in [1.82, 2.24) is 0 Å². The number of nitrogen functional groups attached to an aromatic ring is 1. The van der Waals surface area contributed by atoms with Crippen LogP contribution in [-0.4, -0.2) is 15.6 Å². The minimum atomic E-state index is -0.768. The molecule has 0 saturated heterocycles. The molecule has 0 radical (unpaired) electrons. The highest BCUT2D eigenvalue weighted by molar-refractivity contribution is 6.14. The predicted octanol–water partition coefficient (Wildman–Crippen LogP) is 2.32. The number of nitrogens with zero attached hydrogens (tertiary/aromatic N) is 2. The first-order chi connectivity index (χ1) is 9.91. The van der Waals surface area contributed by atoms with Gasteiger partial charge in [-0.05, 0) is 12.1 Å². The maximum atomic E-state index is 12.4. The number of nitro benzene ring substituents is 2. The van der Waals surface area contributed by atoms with E-state index in [2.05, 4.69) is 0 Å². The van der Waals surface area contributed by atoms with Gasteiger partial charge in [0.25, 0.3) is 11.4 Å². The van der Waals surface area contributed by atoms with Crippen LogP contribution in [0.3, 0.4) is 0 Å². The zero-order valence-corrected chi connectivity index (χ0v) is 10.6. The third-order valence-corrected chi connectivity index (χ3v) is 2.84. The first-order valence-corrected chi connectivity index (χ1v) is 5.74. The van der Waals surface area contributed by atoms with Gasteiger partial charge >= 0.3 is 0 Å². The smallest absolute Gasteiger partial charge is 0.281 e. The van der Waals surface area contributed by atoms with Crippen molar-refractivity contribution in [3.8, 4) is 0 Å². The molecule has 0 fully saturated rings. The normalized spacial score (nSPS) is 10.1. The van der Waals surface area contributed by atoms with Crippen LogP contribution < -0.4 is 5.73 Å². The van der Waals surface area contributed by atoms with Gasteiger partial charge < -0.3 is 5.73 Å². The van der Waals surface area contributed by atoms with Crippen LogP contribution >= 0.6 is 0 Å². The molecule has 0 atom stereocenters. The van der Waals surface area contributed by atoms with Crippen LogP contribution in [0, 0.1) is 20.2 Å². The molecule has 0 saturated carbocycles. The standard InChI is InChI=1S/C13H9N3O5/c14-11-4-2-1-3-9(11)13(17)10-7-8(15(18)19)5-6-12(10)16(20)21/h1-7H,14H2. The van der Waals surface area contributed by atoms with Gasteiger partial charge in [0, 0.05) is 29.4 Å².